The Morgan fingerprint density at radius 1 is 1.35 bits per heavy atom. The van der Waals surface area contributed by atoms with Gasteiger partial charge in [0.25, 0.3) is 0 Å². The predicted molar refractivity (Wildman–Crippen MR) is 63.5 cm³/mol. The molecule has 1 saturated heterocycles. The van der Waals surface area contributed by atoms with Crippen LogP contribution in [0.3, 0.4) is 0 Å². The van der Waals surface area contributed by atoms with Gasteiger partial charge in [-0.25, -0.2) is 0 Å². The second-order valence-corrected chi connectivity index (χ2v) is 5.84. The summed E-state index contributed by atoms with van der Waals surface area (Å²) in [4.78, 5) is 4.17. The van der Waals surface area contributed by atoms with E-state index in [1.165, 1.54) is 0 Å². The smallest absolute Gasteiger partial charge is 0.240 e. The van der Waals surface area contributed by atoms with E-state index in [0.717, 1.165) is 6.42 Å². The second kappa shape index (κ2) is 4.07. The van der Waals surface area contributed by atoms with Crippen LogP contribution in [0.1, 0.15) is 45.8 Å². The first-order valence-corrected chi connectivity index (χ1v) is 6.01. The number of aromatic nitrogens is 2. The molecule has 1 N–H and O–H groups in total. The minimum atomic E-state index is -0.168. The van der Waals surface area contributed by atoms with Gasteiger partial charge in [-0.1, -0.05) is 5.16 Å². The van der Waals surface area contributed by atoms with Crippen molar-refractivity contribution in [1.82, 2.24) is 15.5 Å². The van der Waals surface area contributed by atoms with Crippen LogP contribution in [0.15, 0.2) is 4.52 Å². The van der Waals surface area contributed by atoms with Gasteiger partial charge < -0.3 is 14.6 Å². The summed E-state index contributed by atoms with van der Waals surface area (Å²) in [6.07, 6.45) is 0.979. The number of aryl methyl sites for hydroxylation is 1. The quantitative estimate of drug-likeness (QED) is 0.871. The molecule has 0 saturated carbocycles. The molecule has 2 heterocycles. The minimum absolute atomic E-state index is 0.0775. The van der Waals surface area contributed by atoms with Crippen LogP contribution in [0.5, 0.6) is 0 Å². The Morgan fingerprint density at radius 3 is 2.53 bits per heavy atom. The van der Waals surface area contributed by atoms with Crippen LogP contribution in [0.4, 0.5) is 0 Å². The van der Waals surface area contributed by atoms with E-state index in [9.17, 15) is 0 Å². The van der Waals surface area contributed by atoms with Crippen molar-refractivity contribution in [2.75, 3.05) is 0 Å². The fourth-order valence-electron chi connectivity index (χ4n) is 2.50. The standard InChI is InChI=1S/C12H21N3O2/c1-8-14-10(16-15-8)7-13-9-6-11(2,3)17-12(9,4)5/h9,13H,6-7H2,1-5H3. The Bertz CT molecular complexity index is 398. The Kier molecular flexibility index (Phi) is 2.99. The zero-order valence-corrected chi connectivity index (χ0v) is 11.2. The Morgan fingerprint density at radius 2 is 2.06 bits per heavy atom. The summed E-state index contributed by atoms with van der Waals surface area (Å²) in [5.41, 5.74) is -0.246. The zero-order valence-electron chi connectivity index (χ0n) is 11.2. The molecule has 1 aromatic heterocycles. The number of ether oxygens (including phenoxy) is 1. The lowest BCUT2D eigenvalue weighted by Crippen LogP contribution is -2.43. The fourth-order valence-corrected chi connectivity index (χ4v) is 2.50. The third kappa shape index (κ3) is 2.84. The van der Waals surface area contributed by atoms with Gasteiger partial charge in [-0.3, -0.25) is 0 Å². The van der Waals surface area contributed by atoms with Gasteiger partial charge in [-0.15, -0.1) is 0 Å². The predicted octanol–water partition coefficient (Wildman–Crippen LogP) is 1.81. The molecule has 1 fully saturated rings. The molecule has 1 aromatic rings. The van der Waals surface area contributed by atoms with E-state index in [4.69, 9.17) is 9.26 Å². The molecule has 0 bridgehead atoms. The molecule has 1 aliphatic rings. The maximum absolute atomic E-state index is 6.01. The van der Waals surface area contributed by atoms with E-state index >= 15 is 0 Å². The van der Waals surface area contributed by atoms with Crippen LogP contribution in [-0.2, 0) is 11.3 Å². The maximum atomic E-state index is 6.01. The van der Waals surface area contributed by atoms with Gasteiger partial charge in [-0.2, -0.15) is 4.98 Å². The van der Waals surface area contributed by atoms with Gasteiger partial charge >= 0.3 is 0 Å². The molecule has 0 amide bonds. The summed E-state index contributed by atoms with van der Waals surface area (Å²) in [6.45, 7) is 10.9. The Balaban J connectivity index is 1.95. The third-order valence-electron chi connectivity index (χ3n) is 3.14. The van der Waals surface area contributed by atoms with Crippen molar-refractivity contribution in [3.8, 4) is 0 Å². The highest BCUT2D eigenvalue weighted by Crippen LogP contribution is 2.37. The number of rotatable bonds is 3. The summed E-state index contributed by atoms with van der Waals surface area (Å²) in [5, 5.41) is 7.21. The Labute approximate surface area is 102 Å². The maximum Gasteiger partial charge on any atom is 0.240 e. The molecule has 2 rings (SSSR count). The third-order valence-corrected chi connectivity index (χ3v) is 3.14. The van der Waals surface area contributed by atoms with Crippen LogP contribution in [-0.4, -0.2) is 27.4 Å². The average molecular weight is 239 g/mol. The largest absolute Gasteiger partial charge is 0.368 e. The topological polar surface area (TPSA) is 60.2 Å². The van der Waals surface area contributed by atoms with E-state index in [1.807, 2.05) is 6.92 Å². The molecule has 1 atom stereocenters. The highest BCUT2D eigenvalue weighted by molar-refractivity contribution is 4.99. The average Bonchev–Trinajstić information content (AvgIpc) is 2.64. The molecular formula is C12H21N3O2. The molecule has 1 unspecified atom stereocenters. The Hall–Kier alpha value is -0.940. The summed E-state index contributed by atoms with van der Waals surface area (Å²) >= 11 is 0. The second-order valence-electron chi connectivity index (χ2n) is 5.84. The van der Waals surface area contributed by atoms with Crippen molar-refractivity contribution < 1.29 is 9.26 Å². The molecule has 96 valence electrons. The van der Waals surface area contributed by atoms with Crippen LogP contribution in [0.25, 0.3) is 0 Å². The van der Waals surface area contributed by atoms with Gasteiger partial charge in [0.15, 0.2) is 5.82 Å². The molecule has 0 spiro atoms. The van der Waals surface area contributed by atoms with Crippen molar-refractivity contribution in [2.45, 2.75) is 64.8 Å². The minimum Gasteiger partial charge on any atom is -0.368 e. The number of hydrogen-bond acceptors (Lipinski definition) is 5. The molecule has 5 heteroatoms. The van der Waals surface area contributed by atoms with Crippen LogP contribution < -0.4 is 5.32 Å². The highest BCUT2D eigenvalue weighted by Gasteiger charge is 2.45. The molecule has 0 radical (unpaired) electrons. The van der Waals surface area contributed by atoms with Gasteiger partial charge in [0.05, 0.1) is 17.7 Å². The van der Waals surface area contributed by atoms with Crippen molar-refractivity contribution in [3.63, 3.8) is 0 Å². The summed E-state index contributed by atoms with van der Waals surface area (Å²) in [7, 11) is 0. The fraction of sp³-hybridized carbons (Fsp3) is 0.833. The molecule has 0 aliphatic carbocycles. The lowest BCUT2D eigenvalue weighted by molar-refractivity contribution is -0.0700. The molecule has 17 heavy (non-hydrogen) atoms. The van der Waals surface area contributed by atoms with Gasteiger partial charge in [0.2, 0.25) is 5.89 Å². The van der Waals surface area contributed by atoms with Crippen LogP contribution in [0, 0.1) is 6.92 Å². The van der Waals surface area contributed by atoms with Gasteiger partial charge in [-0.05, 0) is 41.0 Å². The first-order valence-electron chi connectivity index (χ1n) is 6.01. The molecular weight excluding hydrogens is 218 g/mol. The first-order chi connectivity index (χ1) is 7.78. The molecule has 5 nitrogen and oxygen atoms in total. The number of nitrogens with zero attached hydrogens (tertiary/aromatic N) is 2. The van der Waals surface area contributed by atoms with Gasteiger partial charge in [0, 0.05) is 6.04 Å². The lowest BCUT2D eigenvalue weighted by atomic mass is 9.94. The van der Waals surface area contributed by atoms with Gasteiger partial charge in [0.1, 0.15) is 0 Å². The van der Waals surface area contributed by atoms with Crippen molar-refractivity contribution in [1.29, 1.82) is 0 Å². The highest BCUT2D eigenvalue weighted by atomic mass is 16.5. The summed E-state index contributed by atoms with van der Waals surface area (Å²) in [5.74, 6) is 1.30. The van der Waals surface area contributed by atoms with Crippen LogP contribution >= 0.6 is 0 Å². The monoisotopic (exact) mass is 239 g/mol. The molecule has 0 aromatic carbocycles. The number of nitrogens with one attached hydrogen (secondary N) is 1. The first kappa shape index (κ1) is 12.5. The summed E-state index contributed by atoms with van der Waals surface area (Å²) < 4.78 is 11.1. The molecule has 1 aliphatic heterocycles. The van der Waals surface area contributed by atoms with Crippen molar-refractivity contribution >= 4 is 0 Å². The van der Waals surface area contributed by atoms with E-state index in [-0.39, 0.29) is 11.2 Å². The normalized spacial score (nSPS) is 26.3. The SMILES string of the molecule is Cc1noc(CNC2CC(C)(C)OC2(C)C)n1. The number of hydrogen-bond donors (Lipinski definition) is 1. The van der Waals surface area contributed by atoms with Crippen molar-refractivity contribution in [3.05, 3.63) is 11.7 Å². The zero-order chi connectivity index (χ0) is 12.7. The van der Waals surface area contributed by atoms with E-state index in [0.29, 0.717) is 24.3 Å². The summed E-state index contributed by atoms with van der Waals surface area (Å²) in [6, 6.07) is 0.296. The van der Waals surface area contributed by atoms with E-state index < -0.39 is 0 Å². The lowest BCUT2D eigenvalue weighted by Gasteiger charge is -2.27. The van der Waals surface area contributed by atoms with Crippen LogP contribution in [0.2, 0.25) is 0 Å². The van der Waals surface area contributed by atoms with Crippen molar-refractivity contribution in [2.24, 2.45) is 0 Å². The van der Waals surface area contributed by atoms with E-state index in [2.05, 4.69) is 43.2 Å². The van der Waals surface area contributed by atoms with E-state index in [1.54, 1.807) is 0 Å².